The van der Waals surface area contributed by atoms with Gasteiger partial charge < -0.3 is 39.9 Å². The van der Waals surface area contributed by atoms with Gasteiger partial charge in [-0.25, -0.2) is 9.59 Å². The molecular formula is C48H61N7O8. The number of benzene rings is 2. The number of aromatic amines is 2. The lowest BCUT2D eigenvalue weighted by atomic mass is 9.75. The molecule has 0 radical (unpaired) electrons. The van der Waals surface area contributed by atoms with Crippen LogP contribution in [0.1, 0.15) is 70.4 Å². The molecular weight excluding hydrogens is 803 g/mol. The number of nitrogens with zero attached hydrogens (tertiary/aromatic N) is 2. The molecule has 4 fully saturated rings. The summed E-state index contributed by atoms with van der Waals surface area (Å²) in [6.07, 6.45) is 5.18. The van der Waals surface area contributed by atoms with E-state index in [2.05, 4.69) is 25.9 Å². The summed E-state index contributed by atoms with van der Waals surface area (Å²) in [4.78, 5) is 95.3. The minimum Gasteiger partial charge on any atom is -0.458 e. The lowest BCUT2D eigenvalue weighted by molar-refractivity contribution is -0.147. The largest absolute Gasteiger partial charge is 0.458 e. The highest BCUT2D eigenvalue weighted by atomic mass is 16.5. The molecule has 10 unspecified atom stereocenters. The van der Waals surface area contributed by atoms with Gasteiger partial charge in [-0.3, -0.25) is 24.5 Å². The molecule has 15 nitrogen and oxygen atoms in total. The lowest BCUT2D eigenvalue weighted by Gasteiger charge is -2.36. The predicted octanol–water partition coefficient (Wildman–Crippen LogP) is 4.34. The average Bonchev–Trinajstić information content (AvgIpc) is 4.10. The molecule has 4 saturated carbocycles. The third-order valence-electron chi connectivity index (χ3n) is 14.3. The van der Waals surface area contributed by atoms with Crippen molar-refractivity contribution in [1.82, 2.24) is 35.7 Å². The number of aromatic nitrogens is 2. The Balaban J connectivity index is 1.03. The minimum absolute atomic E-state index is 0.252. The topological polar surface area (TPSA) is 195 Å². The van der Waals surface area contributed by atoms with E-state index in [4.69, 9.17) is 9.47 Å². The van der Waals surface area contributed by atoms with E-state index in [1.807, 2.05) is 88.2 Å². The van der Waals surface area contributed by atoms with E-state index in [9.17, 15) is 28.8 Å². The second-order valence-corrected chi connectivity index (χ2v) is 18.9. The molecule has 2 aromatic heterocycles. The van der Waals surface area contributed by atoms with Gasteiger partial charge in [-0.1, -0.05) is 24.3 Å². The van der Waals surface area contributed by atoms with Gasteiger partial charge in [0.05, 0.1) is 34.8 Å². The third kappa shape index (κ3) is 8.73. The fourth-order valence-corrected chi connectivity index (χ4v) is 11.5. The average molecular weight is 864 g/mol. The summed E-state index contributed by atoms with van der Waals surface area (Å²) in [5, 5.41) is 10.3. The first-order chi connectivity index (χ1) is 30.2. The van der Waals surface area contributed by atoms with Crippen LogP contribution in [0.25, 0.3) is 21.8 Å². The van der Waals surface area contributed by atoms with Gasteiger partial charge in [0.1, 0.15) is 12.2 Å². The number of rotatable bonds is 16. The monoisotopic (exact) mass is 863 g/mol. The third-order valence-corrected chi connectivity index (χ3v) is 14.3. The maximum absolute atomic E-state index is 14.7. The van der Waals surface area contributed by atoms with Crippen LogP contribution in [-0.4, -0.2) is 122 Å². The standard InChI is InChI=1S/C48H61N7O8/c1-25-11-7-13-33-37(25)31(23-51-33)47(60)62-35-21-27-19-29(35)41(39(27)43(56)49-15-9-17-54(3)4)45(58)53-46(59)42-30-20-28(40(42)44(57)50-16-10-18-55(5)6)22-36(30)63-48(61)32-24-52-34-14-8-12-26(2)38(32)34/h7-8,11-14,23-24,27-30,35-36,39-42,51-52H,9-10,15-22H2,1-6H3,(H,49,56)(H,50,57)(H,53,58,59). The number of hydrogen-bond acceptors (Lipinski definition) is 10. The maximum atomic E-state index is 14.7. The number of carbonyl (C=O) groups is 6. The quantitative estimate of drug-likeness (QED) is 0.0615. The molecule has 10 atom stereocenters. The van der Waals surface area contributed by atoms with Crippen LogP contribution in [0.2, 0.25) is 0 Å². The summed E-state index contributed by atoms with van der Waals surface area (Å²) in [6, 6.07) is 11.5. The number of carbonyl (C=O) groups excluding carboxylic acids is 6. The summed E-state index contributed by atoms with van der Waals surface area (Å²) in [6.45, 7) is 6.24. The Morgan fingerprint density at radius 1 is 0.587 bits per heavy atom. The Labute approximate surface area is 367 Å². The second kappa shape index (κ2) is 18.3. The van der Waals surface area contributed by atoms with Crippen molar-refractivity contribution in [2.45, 2.75) is 64.6 Å². The molecule has 4 aromatic rings. The van der Waals surface area contributed by atoms with Gasteiger partial charge in [0.15, 0.2) is 0 Å². The Bertz CT molecular complexity index is 2240. The summed E-state index contributed by atoms with van der Waals surface area (Å²) in [5.41, 5.74) is 4.25. The van der Waals surface area contributed by atoms with E-state index in [0.717, 1.165) is 46.0 Å². The van der Waals surface area contributed by atoms with Gasteiger partial charge in [0, 0.05) is 59.1 Å². The van der Waals surface area contributed by atoms with Crippen LogP contribution in [0.15, 0.2) is 48.8 Å². The SMILES string of the molecule is Cc1cccc2[nH]cc(C(=O)OC3CC4CC3C(C(=O)NC(=O)C3C5CC(CC5OC(=O)c5c[nH]c6cccc(C)c56)C3C(=O)NCCCN(C)C)C4C(=O)NCCCN(C)C)c12. The van der Waals surface area contributed by atoms with Crippen LogP contribution in [-0.2, 0) is 28.7 Å². The van der Waals surface area contributed by atoms with Crippen molar-refractivity contribution in [3.05, 3.63) is 71.0 Å². The zero-order chi connectivity index (χ0) is 44.7. The molecule has 4 amide bonds. The van der Waals surface area contributed by atoms with Crippen LogP contribution >= 0.6 is 0 Å². The number of imide groups is 1. The molecule has 0 aliphatic heterocycles. The highest BCUT2D eigenvalue weighted by Crippen LogP contribution is 2.56. The number of amides is 4. The van der Waals surface area contributed by atoms with Crippen LogP contribution in [0, 0.1) is 61.2 Å². The first kappa shape index (κ1) is 44.1. The van der Waals surface area contributed by atoms with E-state index in [1.165, 1.54) is 0 Å². The Morgan fingerprint density at radius 3 is 1.40 bits per heavy atom. The number of H-pyrrole nitrogens is 2. The molecule has 2 aromatic carbocycles. The highest BCUT2D eigenvalue weighted by molar-refractivity contribution is 6.07. The minimum atomic E-state index is -0.959. The molecule has 63 heavy (non-hydrogen) atoms. The number of fused-ring (bicyclic) bond motifs is 6. The van der Waals surface area contributed by atoms with E-state index < -0.39 is 71.5 Å². The zero-order valence-electron chi connectivity index (χ0n) is 37.1. The Morgan fingerprint density at radius 2 is 1.00 bits per heavy atom. The van der Waals surface area contributed by atoms with Crippen LogP contribution in [0.5, 0.6) is 0 Å². The van der Waals surface area contributed by atoms with Crippen LogP contribution in [0.4, 0.5) is 0 Å². The maximum Gasteiger partial charge on any atom is 0.340 e. The fraction of sp³-hybridized carbons (Fsp3) is 0.542. The van der Waals surface area contributed by atoms with Gasteiger partial charge in [-0.2, -0.15) is 0 Å². The van der Waals surface area contributed by atoms with Gasteiger partial charge in [-0.05, 0) is 129 Å². The lowest BCUT2D eigenvalue weighted by Crippen LogP contribution is -2.53. The molecule has 2 heterocycles. The molecule has 5 N–H and O–H groups in total. The highest BCUT2D eigenvalue weighted by Gasteiger charge is 2.62. The second-order valence-electron chi connectivity index (χ2n) is 18.9. The van der Waals surface area contributed by atoms with Crippen molar-refractivity contribution < 1.29 is 38.2 Å². The summed E-state index contributed by atoms with van der Waals surface area (Å²) >= 11 is 0. The summed E-state index contributed by atoms with van der Waals surface area (Å²) in [7, 11) is 7.84. The van der Waals surface area contributed by atoms with Gasteiger partial charge in [0.25, 0.3) is 0 Å². The molecule has 4 aliphatic carbocycles. The van der Waals surface area contributed by atoms with Gasteiger partial charge in [-0.15, -0.1) is 0 Å². The molecule has 336 valence electrons. The fourth-order valence-electron chi connectivity index (χ4n) is 11.5. The first-order valence-electron chi connectivity index (χ1n) is 22.5. The van der Waals surface area contributed by atoms with Crippen LogP contribution < -0.4 is 16.0 Å². The van der Waals surface area contributed by atoms with E-state index >= 15 is 0 Å². The molecule has 8 rings (SSSR count). The van der Waals surface area contributed by atoms with E-state index in [1.54, 1.807) is 12.4 Å². The predicted molar refractivity (Wildman–Crippen MR) is 236 cm³/mol. The van der Waals surface area contributed by atoms with Crippen molar-refractivity contribution in [2.75, 3.05) is 54.4 Å². The van der Waals surface area contributed by atoms with Crippen molar-refractivity contribution in [3.8, 4) is 0 Å². The molecule has 4 bridgehead atoms. The van der Waals surface area contributed by atoms with Gasteiger partial charge >= 0.3 is 11.9 Å². The molecule has 4 aliphatic rings. The van der Waals surface area contributed by atoms with E-state index in [0.29, 0.717) is 62.7 Å². The van der Waals surface area contributed by atoms with Crippen molar-refractivity contribution >= 4 is 57.4 Å². The number of aryl methyl sites for hydroxylation is 2. The summed E-state index contributed by atoms with van der Waals surface area (Å²) in [5.74, 6) is -7.74. The molecule has 15 heteroatoms. The number of ether oxygens (including phenoxy) is 2. The number of esters is 2. The number of nitrogens with one attached hydrogen (secondary N) is 5. The van der Waals surface area contributed by atoms with E-state index in [-0.39, 0.29) is 23.7 Å². The first-order valence-corrected chi connectivity index (χ1v) is 22.5. The van der Waals surface area contributed by atoms with Gasteiger partial charge in [0.2, 0.25) is 23.6 Å². The number of hydrogen-bond donors (Lipinski definition) is 5. The van der Waals surface area contributed by atoms with Crippen LogP contribution in [0.3, 0.4) is 0 Å². The van der Waals surface area contributed by atoms with Crippen molar-refractivity contribution in [1.29, 1.82) is 0 Å². The Kier molecular flexibility index (Phi) is 12.8. The smallest absolute Gasteiger partial charge is 0.340 e. The molecule has 0 spiro atoms. The zero-order valence-corrected chi connectivity index (χ0v) is 37.1. The molecule has 0 saturated heterocycles. The van der Waals surface area contributed by atoms with Crippen molar-refractivity contribution in [3.63, 3.8) is 0 Å². The summed E-state index contributed by atoms with van der Waals surface area (Å²) < 4.78 is 12.4. The van der Waals surface area contributed by atoms with Crippen molar-refractivity contribution in [2.24, 2.45) is 47.3 Å². The normalized spacial score (nSPS) is 27.0. The Hall–Kier alpha value is -5.54.